The minimum absolute atomic E-state index is 0.625. The molecule has 130 valence electrons. The molecule has 0 aromatic carbocycles. The molecule has 0 spiro atoms. The lowest BCUT2D eigenvalue weighted by Gasteiger charge is -2.09. The first-order valence-electron chi connectivity index (χ1n) is 9.13. The average molecular weight is 312 g/mol. The van der Waals surface area contributed by atoms with E-state index in [0.29, 0.717) is 6.42 Å². The molecule has 1 unspecified atom stereocenters. The fourth-order valence-corrected chi connectivity index (χ4v) is 2.57. The molecular formula is C19H36O3. The van der Waals surface area contributed by atoms with E-state index in [4.69, 9.17) is 9.84 Å². The van der Waals surface area contributed by atoms with Crippen LogP contribution in [-0.2, 0) is 9.53 Å². The Bertz CT molecular complexity index is 274. The maximum absolute atomic E-state index is 10.8. The molecule has 0 heterocycles. The van der Waals surface area contributed by atoms with Crippen molar-refractivity contribution in [3.8, 4) is 0 Å². The first-order valence-corrected chi connectivity index (χ1v) is 9.13. The number of allylic oxidation sites excluding steroid dienone is 2. The minimum Gasteiger partial charge on any atom is -0.479 e. The van der Waals surface area contributed by atoms with E-state index in [1.165, 1.54) is 64.9 Å². The second-order valence-corrected chi connectivity index (χ2v) is 6.08. The predicted molar refractivity (Wildman–Crippen MR) is 93.3 cm³/mol. The first kappa shape index (κ1) is 21.2. The molecule has 0 fully saturated rings. The molecule has 1 N–H and O–H groups in total. The van der Waals surface area contributed by atoms with E-state index in [9.17, 15) is 4.79 Å². The molecule has 0 saturated heterocycles. The van der Waals surface area contributed by atoms with E-state index in [1.807, 2.05) is 0 Å². The van der Waals surface area contributed by atoms with Crippen molar-refractivity contribution in [1.82, 2.24) is 0 Å². The van der Waals surface area contributed by atoms with Crippen molar-refractivity contribution >= 4 is 5.97 Å². The normalized spacial score (nSPS) is 12.8. The number of methoxy groups -OCH3 is 1. The topological polar surface area (TPSA) is 46.5 Å². The predicted octanol–water partition coefficient (Wildman–Crippen LogP) is 5.73. The van der Waals surface area contributed by atoms with Crippen LogP contribution in [0.15, 0.2) is 12.2 Å². The van der Waals surface area contributed by atoms with Crippen molar-refractivity contribution in [1.29, 1.82) is 0 Å². The van der Waals surface area contributed by atoms with Crippen molar-refractivity contribution < 1.29 is 14.6 Å². The molecule has 0 aliphatic heterocycles. The van der Waals surface area contributed by atoms with Gasteiger partial charge in [-0.15, -0.1) is 0 Å². The third-order valence-corrected chi connectivity index (χ3v) is 4.04. The average Bonchev–Trinajstić information content (AvgIpc) is 2.51. The van der Waals surface area contributed by atoms with Crippen LogP contribution in [0, 0.1) is 0 Å². The molecule has 0 aromatic rings. The Kier molecular flexibility index (Phi) is 15.9. The zero-order valence-corrected chi connectivity index (χ0v) is 14.7. The summed E-state index contributed by atoms with van der Waals surface area (Å²) in [6.07, 6.45) is 19.6. The fraction of sp³-hybridized carbons (Fsp3) is 0.842. The van der Waals surface area contributed by atoms with Crippen LogP contribution in [0.5, 0.6) is 0 Å². The first-order chi connectivity index (χ1) is 10.7. The smallest absolute Gasteiger partial charge is 0.332 e. The third kappa shape index (κ3) is 14.1. The van der Waals surface area contributed by atoms with Gasteiger partial charge >= 0.3 is 5.97 Å². The number of carboxylic acids is 1. The molecule has 3 heteroatoms. The number of unbranched alkanes of at least 4 members (excludes halogenated alkanes) is 10. The van der Waals surface area contributed by atoms with E-state index in [0.717, 1.165) is 19.3 Å². The summed E-state index contributed by atoms with van der Waals surface area (Å²) in [5, 5.41) is 8.84. The van der Waals surface area contributed by atoms with E-state index < -0.39 is 12.1 Å². The summed E-state index contributed by atoms with van der Waals surface area (Å²) in [6.45, 7) is 2.25. The standard InChI is InChI=1S/C19H36O3/c1-3-4-5-6-7-8-9-10-11-12-13-14-15-16-17-18(22-2)19(20)21/h10-11,18H,3-9,12-17H2,1-2H3,(H,20,21)/b11-10-. The number of hydrogen-bond donors (Lipinski definition) is 1. The second-order valence-electron chi connectivity index (χ2n) is 6.08. The van der Waals surface area contributed by atoms with Gasteiger partial charge in [0.2, 0.25) is 0 Å². The second kappa shape index (κ2) is 16.5. The van der Waals surface area contributed by atoms with E-state index in [-0.39, 0.29) is 0 Å². The maximum atomic E-state index is 10.8. The van der Waals surface area contributed by atoms with Crippen molar-refractivity contribution in [2.24, 2.45) is 0 Å². The zero-order chi connectivity index (χ0) is 16.5. The van der Waals surface area contributed by atoms with Crippen LogP contribution in [0.2, 0.25) is 0 Å². The Morgan fingerprint density at radius 1 is 0.909 bits per heavy atom. The Balaban J connectivity index is 3.25. The number of rotatable bonds is 16. The lowest BCUT2D eigenvalue weighted by Crippen LogP contribution is -2.21. The molecule has 0 aromatic heterocycles. The van der Waals surface area contributed by atoms with Crippen LogP contribution in [0.1, 0.15) is 90.4 Å². The van der Waals surface area contributed by atoms with E-state index in [2.05, 4.69) is 19.1 Å². The van der Waals surface area contributed by atoms with Crippen LogP contribution in [0.3, 0.4) is 0 Å². The molecule has 1 atom stereocenters. The molecule has 22 heavy (non-hydrogen) atoms. The van der Waals surface area contributed by atoms with Crippen LogP contribution in [0.25, 0.3) is 0 Å². The zero-order valence-electron chi connectivity index (χ0n) is 14.7. The summed E-state index contributed by atoms with van der Waals surface area (Å²) in [5.74, 6) is -0.847. The van der Waals surface area contributed by atoms with Crippen molar-refractivity contribution in [2.75, 3.05) is 7.11 Å². The monoisotopic (exact) mass is 312 g/mol. The Morgan fingerprint density at radius 3 is 1.91 bits per heavy atom. The number of hydrogen-bond acceptors (Lipinski definition) is 2. The Morgan fingerprint density at radius 2 is 1.41 bits per heavy atom. The third-order valence-electron chi connectivity index (χ3n) is 4.04. The summed E-state index contributed by atoms with van der Waals surface area (Å²) in [5.41, 5.74) is 0. The summed E-state index contributed by atoms with van der Waals surface area (Å²) in [7, 11) is 1.47. The molecule has 0 aliphatic carbocycles. The van der Waals surface area contributed by atoms with Gasteiger partial charge in [-0.1, -0.05) is 70.4 Å². The highest BCUT2D eigenvalue weighted by molar-refractivity contribution is 5.72. The van der Waals surface area contributed by atoms with E-state index >= 15 is 0 Å². The number of carbonyl (C=O) groups is 1. The molecule has 0 bridgehead atoms. The Hall–Kier alpha value is -0.830. The fourth-order valence-electron chi connectivity index (χ4n) is 2.57. The molecule has 0 rings (SSSR count). The van der Waals surface area contributed by atoms with Gasteiger partial charge in [-0.05, 0) is 32.1 Å². The Labute approximate surface area is 137 Å². The van der Waals surface area contributed by atoms with Gasteiger partial charge in [0.05, 0.1) is 0 Å². The van der Waals surface area contributed by atoms with Gasteiger partial charge in [0.25, 0.3) is 0 Å². The van der Waals surface area contributed by atoms with Crippen LogP contribution < -0.4 is 0 Å². The molecular weight excluding hydrogens is 276 g/mol. The van der Waals surface area contributed by atoms with Crippen LogP contribution in [0.4, 0.5) is 0 Å². The molecule has 0 aliphatic rings. The lowest BCUT2D eigenvalue weighted by molar-refractivity contribution is -0.148. The van der Waals surface area contributed by atoms with Gasteiger partial charge in [0.1, 0.15) is 0 Å². The summed E-state index contributed by atoms with van der Waals surface area (Å²) < 4.78 is 4.91. The number of carboxylic acid groups (broad SMARTS) is 1. The minimum atomic E-state index is -0.847. The molecule has 0 amide bonds. The molecule has 0 saturated carbocycles. The van der Waals surface area contributed by atoms with Crippen molar-refractivity contribution in [2.45, 2.75) is 96.5 Å². The maximum Gasteiger partial charge on any atom is 0.332 e. The molecule has 0 radical (unpaired) electrons. The van der Waals surface area contributed by atoms with Gasteiger partial charge in [0, 0.05) is 7.11 Å². The number of aliphatic carboxylic acids is 1. The summed E-state index contributed by atoms with van der Waals surface area (Å²) in [4.78, 5) is 10.8. The summed E-state index contributed by atoms with van der Waals surface area (Å²) in [6, 6.07) is 0. The van der Waals surface area contributed by atoms with Gasteiger partial charge in [-0.25, -0.2) is 4.79 Å². The largest absolute Gasteiger partial charge is 0.479 e. The highest BCUT2D eigenvalue weighted by Crippen LogP contribution is 2.11. The van der Waals surface area contributed by atoms with Gasteiger partial charge in [0.15, 0.2) is 6.10 Å². The van der Waals surface area contributed by atoms with E-state index in [1.54, 1.807) is 0 Å². The lowest BCUT2D eigenvalue weighted by atomic mass is 10.1. The van der Waals surface area contributed by atoms with Gasteiger partial charge in [-0.2, -0.15) is 0 Å². The molecule has 3 nitrogen and oxygen atoms in total. The SMILES string of the molecule is CCCCCCCC/C=C\CCCCCCC(OC)C(=O)O. The highest BCUT2D eigenvalue weighted by Gasteiger charge is 2.14. The summed E-state index contributed by atoms with van der Waals surface area (Å²) >= 11 is 0. The van der Waals surface area contributed by atoms with Crippen LogP contribution in [-0.4, -0.2) is 24.3 Å². The quantitative estimate of drug-likeness (QED) is 0.292. The number of ether oxygens (including phenoxy) is 1. The van der Waals surface area contributed by atoms with Crippen molar-refractivity contribution in [3.63, 3.8) is 0 Å². The van der Waals surface area contributed by atoms with Gasteiger partial charge in [-0.3, -0.25) is 0 Å². The van der Waals surface area contributed by atoms with Crippen molar-refractivity contribution in [3.05, 3.63) is 12.2 Å². The van der Waals surface area contributed by atoms with Crippen LogP contribution >= 0.6 is 0 Å². The van der Waals surface area contributed by atoms with Gasteiger partial charge < -0.3 is 9.84 Å². The highest BCUT2D eigenvalue weighted by atomic mass is 16.5.